The fourth-order valence-electron chi connectivity index (χ4n) is 3.73. The number of hydrogen-bond donors (Lipinski definition) is 2. The van der Waals surface area contributed by atoms with Gasteiger partial charge in [-0.2, -0.15) is 0 Å². The van der Waals surface area contributed by atoms with E-state index in [0.29, 0.717) is 11.3 Å². The van der Waals surface area contributed by atoms with Crippen molar-refractivity contribution in [2.45, 2.75) is 12.0 Å². The highest BCUT2D eigenvalue weighted by Gasteiger charge is 2.47. The minimum atomic E-state index is -2.02. The van der Waals surface area contributed by atoms with Gasteiger partial charge in [-0.1, -0.05) is 59.6 Å². The summed E-state index contributed by atoms with van der Waals surface area (Å²) in [6, 6.07) is 16.5. The second kappa shape index (κ2) is 10.7. The van der Waals surface area contributed by atoms with E-state index in [2.05, 4.69) is 5.32 Å². The Morgan fingerprint density at radius 2 is 1.44 bits per heavy atom. The van der Waals surface area contributed by atoms with E-state index in [1.807, 2.05) is 6.07 Å². The van der Waals surface area contributed by atoms with Crippen LogP contribution in [0.15, 0.2) is 60.7 Å². The number of carbonyl (C=O) groups is 2. The summed E-state index contributed by atoms with van der Waals surface area (Å²) in [6.07, 6.45) is -0.129. The number of rotatable bonds is 9. The molecular formula is C25H23Cl2NO6. The molecule has 0 saturated heterocycles. The van der Waals surface area contributed by atoms with Crippen LogP contribution in [0.3, 0.4) is 0 Å². The van der Waals surface area contributed by atoms with Gasteiger partial charge in [0.2, 0.25) is 0 Å². The minimum absolute atomic E-state index is 0.0454. The van der Waals surface area contributed by atoms with Crippen molar-refractivity contribution in [1.82, 2.24) is 5.32 Å². The number of amides is 1. The highest BCUT2D eigenvalue weighted by Crippen LogP contribution is 2.43. The third kappa shape index (κ3) is 4.90. The number of aliphatic carboxylic acids is 1. The summed E-state index contributed by atoms with van der Waals surface area (Å²) in [5, 5.41) is 13.5. The lowest BCUT2D eigenvalue weighted by Gasteiger charge is -2.34. The van der Waals surface area contributed by atoms with Crippen molar-refractivity contribution in [3.8, 4) is 17.2 Å². The van der Waals surface area contributed by atoms with Crippen molar-refractivity contribution >= 4 is 35.1 Å². The highest BCUT2D eigenvalue weighted by atomic mass is 35.5. The van der Waals surface area contributed by atoms with Crippen molar-refractivity contribution in [2.24, 2.45) is 0 Å². The summed E-state index contributed by atoms with van der Waals surface area (Å²) in [5.41, 5.74) is -1.32. The molecule has 2 N–H and O–H groups in total. The number of methoxy groups -OCH3 is 3. The van der Waals surface area contributed by atoms with Gasteiger partial charge < -0.3 is 24.6 Å². The minimum Gasteiger partial charge on any atom is -0.496 e. The summed E-state index contributed by atoms with van der Waals surface area (Å²) >= 11 is 12.5. The molecule has 0 bridgehead atoms. The second-order valence-corrected chi connectivity index (χ2v) is 8.14. The van der Waals surface area contributed by atoms with Gasteiger partial charge in [0.1, 0.15) is 17.2 Å². The Kier molecular flexibility index (Phi) is 7.91. The predicted molar refractivity (Wildman–Crippen MR) is 129 cm³/mol. The molecule has 0 fully saturated rings. The maximum absolute atomic E-state index is 13.4. The first-order valence-electron chi connectivity index (χ1n) is 10.1. The van der Waals surface area contributed by atoms with Gasteiger partial charge in [0.25, 0.3) is 5.91 Å². The molecular weight excluding hydrogens is 481 g/mol. The smallest absolute Gasteiger partial charge is 0.334 e. The molecule has 0 aromatic heterocycles. The Hall–Kier alpha value is -3.42. The van der Waals surface area contributed by atoms with E-state index >= 15 is 0 Å². The fourth-order valence-corrected chi connectivity index (χ4v) is 4.30. The normalized spacial score (nSPS) is 12.4. The van der Waals surface area contributed by atoms with Crippen molar-refractivity contribution < 1.29 is 28.9 Å². The first-order valence-corrected chi connectivity index (χ1v) is 10.9. The molecule has 3 rings (SSSR count). The molecule has 0 aliphatic carbocycles. The highest BCUT2D eigenvalue weighted by molar-refractivity contribution is 6.39. The van der Waals surface area contributed by atoms with Gasteiger partial charge in [0, 0.05) is 18.6 Å². The van der Waals surface area contributed by atoms with Crippen molar-refractivity contribution in [3.63, 3.8) is 0 Å². The van der Waals surface area contributed by atoms with Gasteiger partial charge >= 0.3 is 5.97 Å². The molecule has 0 radical (unpaired) electrons. The molecule has 0 saturated carbocycles. The molecule has 1 atom stereocenters. The largest absolute Gasteiger partial charge is 0.496 e. The SMILES string of the molecule is COc1cc(OC)c([C@@](Cc2ccccc2)(NC(=O)c2c(Cl)cccc2Cl)C(=O)O)c(OC)c1. The maximum atomic E-state index is 13.4. The van der Waals surface area contributed by atoms with E-state index in [9.17, 15) is 14.7 Å². The first kappa shape index (κ1) is 25.2. The number of carbonyl (C=O) groups excluding carboxylic acids is 1. The molecule has 9 heteroatoms. The summed E-state index contributed by atoms with van der Waals surface area (Å²) in [6.45, 7) is 0. The molecule has 34 heavy (non-hydrogen) atoms. The molecule has 1 amide bonds. The van der Waals surface area contributed by atoms with E-state index in [1.54, 1.807) is 30.3 Å². The van der Waals surface area contributed by atoms with E-state index in [1.165, 1.54) is 45.6 Å². The summed E-state index contributed by atoms with van der Waals surface area (Å²) in [7, 11) is 4.24. The van der Waals surface area contributed by atoms with Gasteiger partial charge in [-0.3, -0.25) is 4.79 Å². The average molecular weight is 504 g/mol. The molecule has 3 aromatic carbocycles. The van der Waals surface area contributed by atoms with Crippen LogP contribution < -0.4 is 19.5 Å². The third-order valence-electron chi connectivity index (χ3n) is 5.34. The van der Waals surface area contributed by atoms with Crippen molar-refractivity contribution in [2.75, 3.05) is 21.3 Å². The lowest BCUT2D eigenvalue weighted by molar-refractivity contribution is -0.145. The van der Waals surface area contributed by atoms with Crippen LogP contribution in [-0.2, 0) is 16.8 Å². The predicted octanol–water partition coefficient (Wildman–Crippen LogP) is 4.97. The standard InChI is InChI=1S/C25H23Cl2NO6/c1-32-16-12-19(33-2)22(20(13-16)34-3)25(24(30)31,14-15-8-5-4-6-9-15)28-23(29)21-17(26)10-7-11-18(21)27/h4-13H,14H2,1-3H3,(H,28,29)(H,30,31)/t25-/m1/s1. The van der Waals surface area contributed by atoms with Crippen LogP contribution in [0.4, 0.5) is 0 Å². The van der Waals surface area contributed by atoms with Crippen molar-refractivity contribution in [1.29, 1.82) is 0 Å². The Labute approximate surface area is 207 Å². The Morgan fingerprint density at radius 3 is 1.91 bits per heavy atom. The topological polar surface area (TPSA) is 94.1 Å². The third-order valence-corrected chi connectivity index (χ3v) is 5.97. The Bertz CT molecular complexity index is 1160. The van der Waals surface area contributed by atoms with E-state index in [0.717, 1.165) is 0 Å². The molecule has 0 spiro atoms. The number of nitrogens with one attached hydrogen (secondary N) is 1. The summed E-state index contributed by atoms with van der Waals surface area (Å²) in [5.74, 6) is -1.42. The van der Waals surface area contributed by atoms with Gasteiger partial charge in [0.15, 0.2) is 5.54 Å². The summed E-state index contributed by atoms with van der Waals surface area (Å²) < 4.78 is 16.4. The van der Waals surface area contributed by atoms with Gasteiger partial charge in [-0.15, -0.1) is 0 Å². The van der Waals surface area contributed by atoms with E-state index < -0.39 is 17.4 Å². The number of carboxylic acid groups (broad SMARTS) is 1. The van der Waals surface area contributed by atoms with E-state index in [-0.39, 0.29) is 39.1 Å². The van der Waals surface area contributed by atoms with Crippen molar-refractivity contribution in [3.05, 3.63) is 87.4 Å². The molecule has 178 valence electrons. The fraction of sp³-hybridized carbons (Fsp3) is 0.200. The number of halogens is 2. The van der Waals surface area contributed by atoms with Crippen LogP contribution in [0, 0.1) is 0 Å². The zero-order valence-electron chi connectivity index (χ0n) is 18.7. The Balaban J connectivity index is 2.30. The van der Waals surface area contributed by atoms with Gasteiger partial charge in [-0.25, -0.2) is 4.79 Å². The van der Waals surface area contributed by atoms with Crippen LogP contribution in [0.2, 0.25) is 10.0 Å². The average Bonchev–Trinajstić information content (AvgIpc) is 2.83. The molecule has 7 nitrogen and oxygen atoms in total. The van der Waals surface area contributed by atoms with Gasteiger partial charge in [0.05, 0.1) is 42.5 Å². The van der Waals surface area contributed by atoms with Crippen LogP contribution in [0.1, 0.15) is 21.5 Å². The molecule has 0 aliphatic rings. The molecule has 0 aliphatic heterocycles. The monoisotopic (exact) mass is 503 g/mol. The number of hydrogen-bond acceptors (Lipinski definition) is 5. The molecule has 0 heterocycles. The molecule has 0 unspecified atom stereocenters. The van der Waals surface area contributed by atoms with Crippen LogP contribution in [-0.4, -0.2) is 38.3 Å². The number of benzene rings is 3. The van der Waals surface area contributed by atoms with E-state index in [4.69, 9.17) is 37.4 Å². The molecule has 3 aromatic rings. The lowest BCUT2D eigenvalue weighted by Crippen LogP contribution is -2.54. The van der Waals surface area contributed by atoms with Crippen LogP contribution >= 0.6 is 23.2 Å². The van der Waals surface area contributed by atoms with Gasteiger partial charge in [-0.05, 0) is 17.7 Å². The second-order valence-electron chi connectivity index (χ2n) is 7.33. The quantitative estimate of drug-likeness (QED) is 0.428. The number of ether oxygens (including phenoxy) is 3. The zero-order chi connectivity index (χ0) is 24.9. The summed E-state index contributed by atoms with van der Waals surface area (Å²) in [4.78, 5) is 26.5. The number of carboxylic acids is 1. The Morgan fingerprint density at radius 1 is 0.882 bits per heavy atom. The van der Waals surface area contributed by atoms with Crippen LogP contribution in [0.25, 0.3) is 0 Å². The zero-order valence-corrected chi connectivity index (χ0v) is 20.2. The lowest BCUT2D eigenvalue weighted by atomic mass is 9.81. The first-order chi connectivity index (χ1) is 16.3. The maximum Gasteiger partial charge on any atom is 0.334 e. The van der Waals surface area contributed by atoms with Crippen LogP contribution in [0.5, 0.6) is 17.2 Å².